The zero-order chi connectivity index (χ0) is 18.2. The Morgan fingerprint density at radius 2 is 2.00 bits per heavy atom. The summed E-state index contributed by atoms with van der Waals surface area (Å²) in [6.07, 6.45) is 4.23. The first-order valence-corrected chi connectivity index (χ1v) is 11.1. The molecule has 1 amide bonds. The number of tetrazole rings is 1. The molecule has 1 aromatic carbocycles. The van der Waals surface area contributed by atoms with Gasteiger partial charge in [-0.15, -0.1) is 16.4 Å². The fraction of sp³-hybridized carbons (Fsp3) is 0.500. The number of rotatable bonds is 5. The molecule has 3 aromatic rings. The van der Waals surface area contributed by atoms with Gasteiger partial charge in [0.2, 0.25) is 11.1 Å². The van der Waals surface area contributed by atoms with E-state index in [4.69, 9.17) is 4.98 Å². The molecular formula is C18H20N6OS2. The molecule has 2 aromatic heterocycles. The molecule has 0 atom stereocenters. The molecule has 0 bridgehead atoms. The molecule has 0 spiro atoms. The Labute approximate surface area is 165 Å². The normalized spacial score (nSPS) is 18.3. The summed E-state index contributed by atoms with van der Waals surface area (Å²) in [7, 11) is 0. The third kappa shape index (κ3) is 3.58. The molecule has 1 aliphatic heterocycles. The van der Waals surface area contributed by atoms with Crippen molar-refractivity contribution in [1.82, 2.24) is 30.1 Å². The molecule has 1 saturated carbocycles. The summed E-state index contributed by atoms with van der Waals surface area (Å²) in [5.74, 6) is 1.04. The number of aromatic nitrogens is 5. The monoisotopic (exact) mass is 400 g/mol. The number of para-hydroxylation sites is 1. The Morgan fingerprint density at radius 1 is 1.19 bits per heavy atom. The van der Waals surface area contributed by atoms with E-state index < -0.39 is 0 Å². The molecule has 2 fully saturated rings. The topological polar surface area (TPSA) is 76.8 Å². The molecule has 0 N–H and O–H groups in total. The van der Waals surface area contributed by atoms with Gasteiger partial charge < -0.3 is 4.90 Å². The first-order chi connectivity index (χ1) is 13.3. The van der Waals surface area contributed by atoms with Gasteiger partial charge in [0.05, 0.1) is 27.0 Å². The number of hydrogen-bond donors (Lipinski definition) is 0. The number of piperidine rings is 1. The lowest BCUT2D eigenvalue weighted by molar-refractivity contribution is -0.129. The molecule has 9 heteroatoms. The van der Waals surface area contributed by atoms with Gasteiger partial charge in [-0.1, -0.05) is 23.9 Å². The minimum absolute atomic E-state index is 0.174. The molecule has 2 aliphatic rings. The van der Waals surface area contributed by atoms with Crippen LogP contribution < -0.4 is 0 Å². The molecule has 1 aliphatic carbocycles. The third-order valence-corrected chi connectivity index (χ3v) is 7.30. The Balaban J connectivity index is 1.16. The number of thiazole rings is 1. The average molecular weight is 401 g/mol. The predicted octanol–water partition coefficient (Wildman–Crippen LogP) is 3.12. The van der Waals surface area contributed by atoms with Crippen molar-refractivity contribution in [3.05, 3.63) is 29.3 Å². The highest BCUT2D eigenvalue weighted by Crippen LogP contribution is 2.37. The Bertz CT molecular complexity index is 925. The van der Waals surface area contributed by atoms with Gasteiger partial charge in [-0.05, 0) is 48.2 Å². The maximum atomic E-state index is 12.6. The Morgan fingerprint density at radius 3 is 2.78 bits per heavy atom. The smallest absolute Gasteiger partial charge is 0.233 e. The highest BCUT2D eigenvalue weighted by atomic mass is 32.2. The molecule has 0 radical (unpaired) electrons. The lowest BCUT2D eigenvalue weighted by atomic mass is 9.97. The van der Waals surface area contributed by atoms with E-state index in [0.29, 0.717) is 17.7 Å². The van der Waals surface area contributed by atoms with Crippen molar-refractivity contribution in [3.63, 3.8) is 0 Å². The number of amides is 1. The van der Waals surface area contributed by atoms with Crippen LogP contribution in [-0.4, -0.2) is 54.8 Å². The molecule has 3 heterocycles. The summed E-state index contributed by atoms with van der Waals surface area (Å²) in [6.45, 7) is 1.60. The number of nitrogens with zero attached hydrogens (tertiary/aromatic N) is 6. The molecule has 0 unspecified atom stereocenters. The van der Waals surface area contributed by atoms with Gasteiger partial charge in [-0.3, -0.25) is 4.79 Å². The van der Waals surface area contributed by atoms with E-state index in [0.717, 1.165) is 49.4 Å². The average Bonchev–Trinajstić information content (AvgIpc) is 3.28. The van der Waals surface area contributed by atoms with E-state index in [9.17, 15) is 4.79 Å². The molecule has 1 saturated heterocycles. The predicted molar refractivity (Wildman–Crippen MR) is 105 cm³/mol. The van der Waals surface area contributed by atoms with Crippen molar-refractivity contribution in [2.24, 2.45) is 0 Å². The zero-order valence-corrected chi connectivity index (χ0v) is 16.5. The summed E-state index contributed by atoms with van der Waals surface area (Å²) in [5, 5.41) is 13.8. The number of likely N-dealkylation sites (tertiary alicyclic amines) is 1. The fourth-order valence-corrected chi connectivity index (χ4v) is 5.47. The number of hydrogen-bond acceptors (Lipinski definition) is 7. The summed E-state index contributed by atoms with van der Waals surface area (Å²) in [6, 6.07) is 8.72. The van der Waals surface area contributed by atoms with Crippen molar-refractivity contribution in [3.8, 4) is 0 Å². The number of benzene rings is 1. The van der Waals surface area contributed by atoms with E-state index in [-0.39, 0.29) is 5.91 Å². The molecular weight excluding hydrogens is 380 g/mol. The summed E-state index contributed by atoms with van der Waals surface area (Å²) >= 11 is 3.24. The van der Waals surface area contributed by atoms with E-state index in [1.54, 1.807) is 11.3 Å². The van der Waals surface area contributed by atoms with Gasteiger partial charge in [-0.2, -0.15) is 0 Å². The lowest BCUT2D eigenvalue weighted by Gasteiger charge is -2.31. The van der Waals surface area contributed by atoms with E-state index >= 15 is 0 Å². The van der Waals surface area contributed by atoms with Crippen molar-refractivity contribution in [2.75, 3.05) is 18.8 Å². The maximum absolute atomic E-state index is 12.6. The molecule has 140 valence electrons. The zero-order valence-electron chi connectivity index (χ0n) is 14.8. The quantitative estimate of drug-likeness (QED) is 0.613. The maximum Gasteiger partial charge on any atom is 0.233 e. The second-order valence-corrected chi connectivity index (χ2v) is 9.11. The summed E-state index contributed by atoms with van der Waals surface area (Å²) < 4.78 is 3.10. The number of fused-ring (bicyclic) bond motifs is 1. The van der Waals surface area contributed by atoms with Crippen LogP contribution in [0.5, 0.6) is 0 Å². The van der Waals surface area contributed by atoms with Gasteiger partial charge in [0.15, 0.2) is 0 Å². The standard InChI is InChI=1S/C18H20N6OS2/c25-16(11-26-18-20-21-22-24(18)13-5-6-13)23-9-7-12(8-10-23)17-19-14-3-1-2-4-15(14)27-17/h1-4,12-13H,5-11H2. The van der Waals surface area contributed by atoms with Crippen LogP contribution in [0.3, 0.4) is 0 Å². The van der Waals surface area contributed by atoms with Crippen molar-refractivity contribution < 1.29 is 4.79 Å². The lowest BCUT2D eigenvalue weighted by Crippen LogP contribution is -2.39. The number of carbonyl (C=O) groups is 1. The number of thioether (sulfide) groups is 1. The van der Waals surface area contributed by atoms with Gasteiger partial charge in [0.1, 0.15) is 0 Å². The van der Waals surface area contributed by atoms with Crippen molar-refractivity contribution in [1.29, 1.82) is 0 Å². The summed E-state index contributed by atoms with van der Waals surface area (Å²) in [5.41, 5.74) is 1.08. The molecule has 7 nitrogen and oxygen atoms in total. The van der Waals surface area contributed by atoms with E-state index in [2.05, 4.69) is 33.7 Å². The first kappa shape index (κ1) is 17.1. The van der Waals surface area contributed by atoms with E-state index in [1.165, 1.54) is 21.5 Å². The van der Waals surface area contributed by atoms with E-state index in [1.807, 2.05) is 15.6 Å². The second-order valence-electron chi connectivity index (χ2n) is 7.10. The highest BCUT2D eigenvalue weighted by Gasteiger charge is 2.29. The minimum Gasteiger partial charge on any atom is -0.342 e. The first-order valence-electron chi connectivity index (χ1n) is 9.32. The van der Waals surface area contributed by atoms with Gasteiger partial charge in [0.25, 0.3) is 0 Å². The van der Waals surface area contributed by atoms with Crippen LogP contribution in [0.25, 0.3) is 10.2 Å². The Hall–Kier alpha value is -2.00. The molecule has 27 heavy (non-hydrogen) atoms. The molecule has 5 rings (SSSR count). The largest absolute Gasteiger partial charge is 0.342 e. The van der Waals surface area contributed by atoms with Crippen LogP contribution in [0.4, 0.5) is 0 Å². The third-order valence-electron chi connectivity index (χ3n) is 5.19. The SMILES string of the molecule is O=C(CSc1nnnn1C1CC1)N1CCC(c2nc3ccccc3s2)CC1. The highest BCUT2D eigenvalue weighted by molar-refractivity contribution is 7.99. The minimum atomic E-state index is 0.174. The number of carbonyl (C=O) groups excluding carboxylic acids is 1. The second kappa shape index (κ2) is 7.20. The van der Waals surface area contributed by atoms with Gasteiger partial charge >= 0.3 is 0 Å². The van der Waals surface area contributed by atoms with Crippen LogP contribution in [0.15, 0.2) is 29.4 Å². The fourth-order valence-electron chi connectivity index (χ4n) is 3.49. The van der Waals surface area contributed by atoms with Gasteiger partial charge in [-0.25, -0.2) is 9.67 Å². The van der Waals surface area contributed by atoms with Crippen LogP contribution in [0, 0.1) is 0 Å². The van der Waals surface area contributed by atoms with Crippen molar-refractivity contribution >= 4 is 39.2 Å². The summed E-state index contributed by atoms with van der Waals surface area (Å²) in [4.78, 5) is 19.4. The van der Waals surface area contributed by atoms with Crippen molar-refractivity contribution in [2.45, 2.75) is 42.8 Å². The van der Waals surface area contributed by atoms with Crippen LogP contribution in [-0.2, 0) is 4.79 Å². The van der Waals surface area contributed by atoms with Gasteiger partial charge in [0, 0.05) is 19.0 Å². The van der Waals surface area contributed by atoms with Crippen LogP contribution in [0.2, 0.25) is 0 Å². The Kier molecular flexibility index (Phi) is 4.56. The van der Waals surface area contributed by atoms with Crippen LogP contribution in [0.1, 0.15) is 42.7 Å². The van der Waals surface area contributed by atoms with Crippen LogP contribution >= 0.6 is 23.1 Å².